The number of unbranched alkanes of at least 4 members (excludes halogenated alkanes) is 3. The molecule has 0 spiro atoms. The van der Waals surface area contributed by atoms with E-state index in [2.05, 4.69) is 49.4 Å². The number of anilines is 1. The minimum Gasteiger partial charge on any atom is -0.462 e. The number of fused-ring (bicyclic) bond motifs is 1. The van der Waals surface area contributed by atoms with Crippen molar-refractivity contribution in [3.63, 3.8) is 0 Å². The van der Waals surface area contributed by atoms with Gasteiger partial charge in [0.15, 0.2) is 0 Å². The van der Waals surface area contributed by atoms with Crippen LogP contribution in [-0.2, 0) is 16.6 Å². The molecule has 1 aromatic heterocycles. The van der Waals surface area contributed by atoms with Crippen molar-refractivity contribution in [3.05, 3.63) is 57.4 Å². The van der Waals surface area contributed by atoms with Crippen LogP contribution in [0.3, 0.4) is 0 Å². The maximum absolute atomic E-state index is 13.2. The first-order valence-corrected chi connectivity index (χ1v) is 10.6. The van der Waals surface area contributed by atoms with E-state index >= 15 is 0 Å². The van der Waals surface area contributed by atoms with Gasteiger partial charge in [0.05, 0.1) is 17.9 Å². The lowest BCUT2D eigenvalue weighted by atomic mass is 9.78. The number of allylic oxidation sites excluding steroid dienone is 1. The van der Waals surface area contributed by atoms with E-state index in [9.17, 15) is 4.79 Å². The first-order chi connectivity index (χ1) is 13.9. The molecule has 0 saturated carbocycles. The van der Waals surface area contributed by atoms with E-state index in [1.807, 2.05) is 25.6 Å². The summed E-state index contributed by atoms with van der Waals surface area (Å²) < 4.78 is 7.59. The zero-order chi connectivity index (χ0) is 21.1. The van der Waals surface area contributed by atoms with Crippen molar-refractivity contribution in [2.75, 3.05) is 11.9 Å². The van der Waals surface area contributed by atoms with Crippen LogP contribution in [0.2, 0.25) is 0 Å². The van der Waals surface area contributed by atoms with Crippen molar-refractivity contribution in [3.8, 4) is 0 Å². The second-order valence-corrected chi connectivity index (χ2v) is 8.07. The minimum absolute atomic E-state index is 0.177. The predicted octanol–water partition coefficient (Wildman–Crippen LogP) is 5.30. The number of carbonyl (C=O) groups excluding carboxylic acids is 1. The molecule has 5 heteroatoms. The van der Waals surface area contributed by atoms with Gasteiger partial charge in [0.2, 0.25) is 0 Å². The molecule has 29 heavy (non-hydrogen) atoms. The molecule has 1 unspecified atom stereocenters. The summed E-state index contributed by atoms with van der Waals surface area (Å²) in [6, 6.07) is 6.28. The van der Waals surface area contributed by atoms with E-state index in [1.165, 1.54) is 29.5 Å². The van der Waals surface area contributed by atoms with Crippen LogP contribution in [0.15, 0.2) is 29.5 Å². The van der Waals surface area contributed by atoms with Crippen molar-refractivity contribution in [1.82, 2.24) is 9.78 Å². The Labute approximate surface area is 174 Å². The zero-order valence-corrected chi connectivity index (χ0v) is 18.6. The summed E-state index contributed by atoms with van der Waals surface area (Å²) in [6.45, 7) is 10.8. The number of benzene rings is 1. The van der Waals surface area contributed by atoms with Gasteiger partial charge in [-0.1, -0.05) is 44.4 Å². The topological polar surface area (TPSA) is 56.1 Å². The maximum atomic E-state index is 13.2. The highest BCUT2D eigenvalue weighted by molar-refractivity contribution is 5.95. The Morgan fingerprint density at radius 1 is 1.10 bits per heavy atom. The number of hydrogen-bond donors (Lipinski definition) is 1. The lowest BCUT2D eigenvalue weighted by Gasteiger charge is -2.30. The zero-order valence-electron chi connectivity index (χ0n) is 18.6. The lowest BCUT2D eigenvalue weighted by Crippen LogP contribution is -2.26. The SMILES string of the molecule is CCCCCCOC(=O)C1=C(C)Nc2c(c(C)nn2C)C1c1c(C)cccc1C. The molecule has 0 saturated heterocycles. The van der Waals surface area contributed by atoms with E-state index in [1.54, 1.807) is 0 Å². The van der Waals surface area contributed by atoms with E-state index in [0.29, 0.717) is 12.2 Å². The highest BCUT2D eigenvalue weighted by atomic mass is 16.5. The van der Waals surface area contributed by atoms with Gasteiger partial charge >= 0.3 is 5.97 Å². The quantitative estimate of drug-likeness (QED) is 0.510. The third kappa shape index (κ3) is 4.09. The number of hydrogen-bond acceptors (Lipinski definition) is 4. The van der Waals surface area contributed by atoms with Crippen molar-refractivity contribution in [2.24, 2.45) is 7.05 Å². The van der Waals surface area contributed by atoms with Gasteiger partial charge < -0.3 is 10.1 Å². The summed E-state index contributed by atoms with van der Waals surface area (Å²) in [5.41, 5.74) is 7.05. The first-order valence-electron chi connectivity index (χ1n) is 10.6. The van der Waals surface area contributed by atoms with Crippen molar-refractivity contribution in [1.29, 1.82) is 0 Å². The molecule has 0 radical (unpaired) electrons. The number of carbonyl (C=O) groups is 1. The summed E-state index contributed by atoms with van der Waals surface area (Å²) in [7, 11) is 1.94. The molecule has 1 aliphatic rings. The van der Waals surface area contributed by atoms with Crippen LogP contribution in [0.5, 0.6) is 0 Å². The van der Waals surface area contributed by atoms with Crippen LogP contribution < -0.4 is 5.32 Å². The van der Waals surface area contributed by atoms with Crippen molar-refractivity contribution < 1.29 is 9.53 Å². The Morgan fingerprint density at radius 3 is 2.45 bits per heavy atom. The molecule has 1 aliphatic heterocycles. The van der Waals surface area contributed by atoms with Crippen LogP contribution in [0.4, 0.5) is 5.82 Å². The number of esters is 1. The highest BCUT2D eigenvalue weighted by Gasteiger charge is 2.38. The molecule has 2 heterocycles. The van der Waals surface area contributed by atoms with Gasteiger partial charge in [0, 0.05) is 24.2 Å². The smallest absolute Gasteiger partial charge is 0.336 e. The van der Waals surface area contributed by atoms with Crippen LogP contribution in [0, 0.1) is 20.8 Å². The normalized spacial score (nSPS) is 15.9. The summed E-state index contributed by atoms with van der Waals surface area (Å²) in [6.07, 6.45) is 4.33. The maximum Gasteiger partial charge on any atom is 0.336 e. The van der Waals surface area contributed by atoms with Gasteiger partial charge in [-0.2, -0.15) is 5.10 Å². The lowest BCUT2D eigenvalue weighted by molar-refractivity contribution is -0.139. The summed E-state index contributed by atoms with van der Waals surface area (Å²) >= 11 is 0. The van der Waals surface area contributed by atoms with E-state index in [-0.39, 0.29) is 11.9 Å². The van der Waals surface area contributed by atoms with Crippen LogP contribution in [0.25, 0.3) is 0 Å². The molecule has 0 bridgehead atoms. The number of aromatic nitrogens is 2. The average molecular weight is 396 g/mol. The molecule has 3 rings (SSSR count). The molecule has 5 nitrogen and oxygen atoms in total. The molecule has 0 amide bonds. The number of aryl methyl sites for hydroxylation is 4. The predicted molar refractivity (Wildman–Crippen MR) is 117 cm³/mol. The Hall–Kier alpha value is -2.56. The fourth-order valence-corrected chi connectivity index (χ4v) is 4.39. The Morgan fingerprint density at radius 2 is 1.79 bits per heavy atom. The van der Waals surface area contributed by atoms with E-state index in [4.69, 9.17) is 4.74 Å². The standard InChI is InChI=1S/C24H33N3O2/c1-7-8-9-10-14-29-24(28)21-17(4)25-23-20(18(5)26-27(23)6)22(21)19-15(2)12-11-13-16(19)3/h11-13,22,25H,7-10,14H2,1-6H3. The molecule has 1 atom stereocenters. The molecular formula is C24H33N3O2. The molecule has 1 N–H and O–H groups in total. The average Bonchev–Trinajstić information content (AvgIpc) is 2.94. The summed E-state index contributed by atoms with van der Waals surface area (Å²) in [5.74, 6) is 0.546. The van der Waals surface area contributed by atoms with Crippen molar-refractivity contribution >= 4 is 11.8 Å². The monoisotopic (exact) mass is 395 g/mol. The summed E-state index contributed by atoms with van der Waals surface area (Å²) in [5, 5.41) is 8.04. The second kappa shape index (κ2) is 8.85. The van der Waals surface area contributed by atoms with Gasteiger partial charge in [0.1, 0.15) is 5.82 Å². The van der Waals surface area contributed by atoms with Gasteiger partial charge in [-0.3, -0.25) is 4.68 Å². The molecule has 156 valence electrons. The van der Waals surface area contributed by atoms with Crippen molar-refractivity contribution in [2.45, 2.75) is 66.2 Å². The molecular weight excluding hydrogens is 362 g/mol. The number of rotatable bonds is 7. The fraction of sp³-hybridized carbons (Fsp3) is 0.500. The summed E-state index contributed by atoms with van der Waals surface area (Å²) in [4.78, 5) is 13.2. The molecule has 0 aliphatic carbocycles. The Bertz CT molecular complexity index is 920. The number of nitrogens with one attached hydrogen (secondary N) is 1. The second-order valence-electron chi connectivity index (χ2n) is 8.07. The third-order valence-electron chi connectivity index (χ3n) is 5.84. The van der Waals surface area contributed by atoms with Gasteiger partial charge in [-0.15, -0.1) is 0 Å². The third-order valence-corrected chi connectivity index (χ3v) is 5.84. The number of nitrogens with zero attached hydrogens (tertiary/aromatic N) is 2. The van der Waals surface area contributed by atoms with Crippen LogP contribution >= 0.6 is 0 Å². The van der Waals surface area contributed by atoms with Crippen LogP contribution in [-0.4, -0.2) is 22.4 Å². The van der Waals surface area contributed by atoms with Crippen LogP contribution in [0.1, 0.15) is 73.4 Å². The van der Waals surface area contributed by atoms with E-state index in [0.717, 1.165) is 35.6 Å². The fourth-order valence-electron chi connectivity index (χ4n) is 4.39. The number of ether oxygens (including phenoxy) is 1. The molecule has 0 fully saturated rings. The molecule has 2 aromatic rings. The Balaban J connectivity index is 2.03. The Kier molecular flexibility index (Phi) is 6.46. The highest BCUT2D eigenvalue weighted by Crippen LogP contribution is 2.45. The minimum atomic E-state index is -0.229. The van der Waals surface area contributed by atoms with E-state index < -0.39 is 0 Å². The first kappa shape index (κ1) is 21.2. The van der Waals surface area contributed by atoms with Gasteiger partial charge in [-0.05, 0) is 50.8 Å². The molecule has 1 aromatic carbocycles. The largest absolute Gasteiger partial charge is 0.462 e. The van der Waals surface area contributed by atoms with Gasteiger partial charge in [-0.25, -0.2) is 4.79 Å². The van der Waals surface area contributed by atoms with Gasteiger partial charge in [0.25, 0.3) is 0 Å².